The van der Waals surface area contributed by atoms with E-state index in [4.69, 9.17) is 0 Å². The van der Waals surface area contributed by atoms with Gasteiger partial charge in [-0.2, -0.15) is 0 Å². The Morgan fingerprint density at radius 2 is 2.00 bits per heavy atom. The number of nitrogens with one attached hydrogen (secondary N) is 1. The first-order valence-electron chi connectivity index (χ1n) is 5.14. The molecule has 0 aromatic heterocycles. The summed E-state index contributed by atoms with van der Waals surface area (Å²) in [6.07, 6.45) is 0.571. The lowest BCUT2D eigenvalue weighted by atomic mass is 10.1. The topological polar surface area (TPSA) is 49.4 Å². The summed E-state index contributed by atoms with van der Waals surface area (Å²) in [5.41, 5.74) is 1.04. The van der Waals surface area contributed by atoms with Gasteiger partial charge in [-0.15, -0.1) is 0 Å². The molecule has 0 aliphatic heterocycles. The van der Waals surface area contributed by atoms with Crippen molar-refractivity contribution in [3.63, 3.8) is 0 Å². The Bertz CT molecular complexity index is 388. The Hall–Kier alpha value is -1.84. The fourth-order valence-corrected chi connectivity index (χ4v) is 1.28. The highest BCUT2D eigenvalue weighted by Crippen LogP contribution is 2.16. The van der Waals surface area contributed by atoms with Gasteiger partial charge in [-0.3, -0.25) is 9.59 Å². The molecule has 4 heteroatoms. The molecular formula is C12H16N2O2. The maximum atomic E-state index is 12.1. The van der Waals surface area contributed by atoms with Crippen LogP contribution in [0, 0.1) is 0 Å². The maximum absolute atomic E-state index is 12.1. The molecule has 2 amide bonds. The lowest BCUT2D eigenvalue weighted by molar-refractivity contribution is -0.105. The third-order valence-corrected chi connectivity index (χ3v) is 2.47. The van der Waals surface area contributed by atoms with Crippen LogP contribution in [0.5, 0.6) is 0 Å². The smallest absolute Gasteiger partial charge is 0.255 e. The monoisotopic (exact) mass is 220 g/mol. The lowest BCUT2D eigenvalue weighted by Gasteiger charge is -2.22. The zero-order valence-corrected chi connectivity index (χ0v) is 9.73. The second kappa shape index (κ2) is 5.30. The molecule has 0 aliphatic rings. The van der Waals surface area contributed by atoms with E-state index in [1.54, 1.807) is 36.2 Å². The number of anilines is 1. The van der Waals surface area contributed by atoms with Crippen LogP contribution in [-0.2, 0) is 4.79 Å². The quantitative estimate of drug-likeness (QED) is 0.786. The van der Waals surface area contributed by atoms with Crippen LogP contribution in [0.15, 0.2) is 24.3 Å². The molecule has 0 heterocycles. The Morgan fingerprint density at radius 3 is 2.56 bits per heavy atom. The summed E-state index contributed by atoms with van der Waals surface area (Å²) < 4.78 is 0. The first kappa shape index (κ1) is 12.2. The number of benzene rings is 1. The third-order valence-electron chi connectivity index (χ3n) is 2.47. The van der Waals surface area contributed by atoms with Crippen molar-refractivity contribution in [3.05, 3.63) is 29.8 Å². The molecule has 0 fully saturated rings. The van der Waals surface area contributed by atoms with E-state index in [-0.39, 0.29) is 11.9 Å². The minimum absolute atomic E-state index is 0.0973. The van der Waals surface area contributed by atoms with E-state index in [1.807, 2.05) is 13.8 Å². The van der Waals surface area contributed by atoms with Crippen LogP contribution in [0.25, 0.3) is 0 Å². The van der Waals surface area contributed by atoms with Crippen LogP contribution < -0.4 is 5.32 Å². The van der Waals surface area contributed by atoms with Crippen molar-refractivity contribution in [2.45, 2.75) is 19.9 Å². The number of nitrogens with zero attached hydrogens (tertiary/aromatic N) is 1. The van der Waals surface area contributed by atoms with Crippen LogP contribution in [0.3, 0.4) is 0 Å². The van der Waals surface area contributed by atoms with Gasteiger partial charge in [-0.05, 0) is 26.0 Å². The number of para-hydroxylation sites is 1. The standard InChI is InChI=1S/C12H16N2O2/c1-9(2)14(3)12(16)10-6-4-5-7-11(10)13-8-15/h4-9H,1-3H3,(H,13,15). The van der Waals surface area contributed by atoms with E-state index in [9.17, 15) is 9.59 Å². The van der Waals surface area contributed by atoms with Crippen molar-refractivity contribution in [2.75, 3.05) is 12.4 Å². The Labute approximate surface area is 95.3 Å². The summed E-state index contributed by atoms with van der Waals surface area (Å²) in [6, 6.07) is 7.08. The largest absolute Gasteiger partial charge is 0.339 e. The van der Waals surface area contributed by atoms with Crippen molar-refractivity contribution in [1.82, 2.24) is 4.90 Å². The molecule has 0 spiro atoms. The summed E-state index contributed by atoms with van der Waals surface area (Å²) in [5.74, 6) is -0.0973. The minimum atomic E-state index is -0.0973. The minimum Gasteiger partial charge on any atom is -0.339 e. The summed E-state index contributed by atoms with van der Waals surface area (Å²) in [4.78, 5) is 24.1. The Kier molecular flexibility index (Phi) is 4.05. The molecule has 0 aliphatic carbocycles. The van der Waals surface area contributed by atoms with E-state index < -0.39 is 0 Å². The summed E-state index contributed by atoms with van der Waals surface area (Å²) in [6.45, 7) is 3.88. The highest BCUT2D eigenvalue weighted by atomic mass is 16.2. The van der Waals surface area contributed by atoms with Gasteiger partial charge in [0.25, 0.3) is 5.91 Å². The van der Waals surface area contributed by atoms with E-state index in [1.165, 1.54) is 0 Å². The molecule has 86 valence electrons. The Morgan fingerprint density at radius 1 is 1.38 bits per heavy atom. The second-order valence-corrected chi connectivity index (χ2v) is 3.82. The number of carbonyl (C=O) groups is 2. The molecule has 16 heavy (non-hydrogen) atoms. The van der Waals surface area contributed by atoms with Crippen molar-refractivity contribution >= 4 is 18.0 Å². The first-order valence-corrected chi connectivity index (χ1v) is 5.14. The average molecular weight is 220 g/mol. The van der Waals surface area contributed by atoms with Gasteiger partial charge in [0.15, 0.2) is 0 Å². The van der Waals surface area contributed by atoms with Crippen molar-refractivity contribution < 1.29 is 9.59 Å². The average Bonchev–Trinajstić information content (AvgIpc) is 2.28. The SMILES string of the molecule is CC(C)N(C)C(=O)c1ccccc1NC=O. The normalized spacial score (nSPS) is 10.0. The molecule has 4 nitrogen and oxygen atoms in total. The molecule has 1 aromatic carbocycles. The molecule has 0 saturated heterocycles. The van der Waals surface area contributed by atoms with Crippen molar-refractivity contribution in [2.24, 2.45) is 0 Å². The van der Waals surface area contributed by atoms with Gasteiger partial charge in [0.1, 0.15) is 0 Å². The van der Waals surface area contributed by atoms with Gasteiger partial charge in [0, 0.05) is 13.1 Å². The third kappa shape index (κ3) is 2.59. The van der Waals surface area contributed by atoms with Gasteiger partial charge in [0.2, 0.25) is 6.41 Å². The van der Waals surface area contributed by atoms with Crippen LogP contribution in [0.4, 0.5) is 5.69 Å². The van der Waals surface area contributed by atoms with Crippen LogP contribution in [0.1, 0.15) is 24.2 Å². The summed E-state index contributed by atoms with van der Waals surface area (Å²) in [7, 11) is 1.74. The van der Waals surface area contributed by atoms with Crippen LogP contribution in [-0.4, -0.2) is 30.3 Å². The zero-order valence-electron chi connectivity index (χ0n) is 9.73. The molecule has 0 unspecified atom stereocenters. The molecule has 0 saturated carbocycles. The molecule has 1 N–H and O–H groups in total. The van der Waals surface area contributed by atoms with Crippen molar-refractivity contribution in [3.8, 4) is 0 Å². The van der Waals surface area contributed by atoms with E-state index in [0.29, 0.717) is 17.7 Å². The predicted molar refractivity (Wildman–Crippen MR) is 63.4 cm³/mol. The van der Waals surface area contributed by atoms with Crippen LogP contribution in [0.2, 0.25) is 0 Å². The molecular weight excluding hydrogens is 204 g/mol. The van der Waals surface area contributed by atoms with Gasteiger partial charge < -0.3 is 10.2 Å². The van der Waals surface area contributed by atoms with Crippen molar-refractivity contribution in [1.29, 1.82) is 0 Å². The second-order valence-electron chi connectivity index (χ2n) is 3.82. The summed E-state index contributed by atoms with van der Waals surface area (Å²) in [5, 5.41) is 2.52. The van der Waals surface area contributed by atoms with Gasteiger partial charge >= 0.3 is 0 Å². The number of amides is 2. The maximum Gasteiger partial charge on any atom is 0.255 e. The molecule has 0 bridgehead atoms. The fraction of sp³-hybridized carbons (Fsp3) is 0.333. The highest BCUT2D eigenvalue weighted by Gasteiger charge is 2.16. The van der Waals surface area contributed by atoms with E-state index in [0.717, 1.165) is 0 Å². The zero-order chi connectivity index (χ0) is 12.1. The molecule has 0 atom stereocenters. The van der Waals surface area contributed by atoms with Gasteiger partial charge in [-0.1, -0.05) is 12.1 Å². The molecule has 0 radical (unpaired) electrons. The number of hydrogen-bond acceptors (Lipinski definition) is 2. The molecule has 1 rings (SSSR count). The van der Waals surface area contributed by atoms with Crippen LogP contribution >= 0.6 is 0 Å². The van der Waals surface area contributed by atoms with Gasteiger partial charge in [-0.25, -0.2) is 0 Å². The predicted octanol–water partition coefficient (Wildman–Crippen LogP) is 1.74. The lowest BCUT2D eigenvalue weighted by Crippen LogP contribution is -2.33. The first-order chi connectivity index (χ1) is 7.57. The number of rotatable bonds is 4. The summed E-state index contributed by atoms with van der Waals surface area (Å²) >= 11 is 0. The highest BCUT2D eigenvalue weighted by molar-refractivity contribution is 6.01. The van der Waals surface area contributed by atoms with E-state index in [2.05, 4.69) is 5.32 Å². The molecule has 1 aromatic rings. The van der Waals surface area contributed by atoms with E-state index >= 15 is 0 Å². The fourth-order valence-electron chi connectivity index (χ4n) is 1.28. The number of carbonyl (C=O) groups excluding carboxylic acids is 2. The van der Waals surface area contributed by atoms with Gasteiger partial charge in [0.05, 0.1) is 11.3 Å². The Balaban J connectivity index is 3.02. The number of hydrogen-bond donors (Lipinski definition) is 1.